The summed E-state index contributed by atoms with van der Waals surface area (Å²) >= 11 is 6.11. The van der Waals surface area contributed by atoms with Crippen molar-refractivity contribution in [3.63, 3.8) is 0 Å². The van der Waals surface area contributed by atoms with Gasteiger partial charge in [0.1, 0.15) is 5.01 Å². The van der Waals surface area contributed by atoms with E-state index in [-0.39, 0.29) is 0 Å². The van der Waals surface area contributed by atoms with Gasteiger partial charge in [-0.25, -0.2) is 4.98 Å². The Kier molecular flexibility index (Phi) is 3.24. The maximum Gasteiger partial charge on any atom is 0.107 e. The average molecular weight is 271 g/mol. The molecule has 1 aliphatic carbocycles. The number of rotatable bonds is 2. The largest absolute Gasteiger partial charge is 0.245 e. The summed E-state index contributed by atoms with van der Waals surface area (Å²) in [7, 11) is 0. The van der Waals surface area contributed by atoms with Crippen LogP contribution < -0.4 is 0 Å². The number of hydrogen-bond donors (Lipinski definition) is 0. The second kappa shape index (κ2) is 4.54. The molecule has 1 saturated heterocycles. The molecule has 0 aromatic carbocycles. The Morgan fingerprint density at radius 1 is 1.25 bits per heavy atom. The fraction of sp³-hybridized carbons (Fsp3) is 0.750. The summed E-state index contributed by atoms with van der Waals surface area (Å²) in [5.41, 5.74) is 1.37. The minimum Gasteiger partial charge on any atom is -0.245 e. The van der Waals surface area contributed by atoms with Gasteiger partial charge in [0.15, 0.2) is 0 Å². The summed E-state index contributed by atoms with van der Waals surface area (Å²) < 4.78 is 0. The van der Waals surface area contributed by atoms with Crippen LogP contribution in [0.5, 0.6) is 0 Å². The Hall–Kier alpha value is 0.330. The van der Waals surface area contributed by atoms with Crippen molar-refractivity contribution in [2.75, 3.05) is 5.75 Å². The molecule has 2 heterocycles. The molecular formula is C12H17NS3. The summed E-state index contributed by atoms with van der Waals surface area (Å²) in [5.74, 6) is 2.05. The Bertz CT molecular complexity index is 372. The molecule has 0 radical (unpaired) electrons. The van der Waals surface area contributed by atoms with Crippen molar-refractivity contribution in [3.8, 4) is 0 Å². The fourth-order valence-electron chi connectivity index (χ4n) is 1.93. The second-order valence-electron chi connectivity index (χ2n) is 4.75. The Labute approximate surface area is 110 Å². The highest BCUT2D eigenvalue weighted by molar-refractivity contribution is 8.07. The van der Waals surface area contributed by atoms with Crippen LogP contribution in [0.2, 0.25) is 0 Å². The van der Waals surface area contributed by atoms with Crippen LogP contribution >= 0.6 is 34.9 Å². The maximum atomic E-state index is 4.84. The van der Waals surface area contributed by atoms with Crippen LogP contribution in [0.25, 0.3) is 0 Å². The van der Waals surface area contributed by atoms with Gasteiger partial charge in [0.2, 0.25) is 0 Å². The Balaban J connectivity index is 1.71. The van der Waals surface area contributed by atoms with E-state index in [4.69, 9.17) is 4.98 Å². The smallest absolute Gasteiger partial charge is 0.107 e. The molecule has 1 aromatic rings. The zero-order valence-electron chi connectivity index (χ0n) is 9.68. The van der Waals surface area contributed by atoms with Crippen molar-refractivity contribution in [2.24, 2.45) is 0 Å². The molecule has 4 heteroatoms. The molecule has 0 N–H and O–H groups in total. The lowest BCUT2D eigenvalue weighted by Crippen LogP contribution is -2.21. The van der Waals surface area contributed by atoms with Crippen molar-refractivity contribution in [1.29, 1.82) is 0 Å². The number of thiazole rings is 1. The molecule has 1 aliphatic heterocycles. The van der Waals surface area contributed by atoms with Crippen LogP contribution in [0.3, 0.4) is 0 Å². The zero-order valence-corrected chi connectivity index (χ0v) is 12.1. The van der Waals surface area contributed by atoms with Crippen molar-refractivity contribution in [3.05, 3.63) is 16.1 Å². The molecule has 0 bridgehead atoms. The first-order chi connectivity index (χ1) is 7.74. The van der Waals surface area contributed by atoms with Crippen molar-refractivity contribution < 1.29 is 0 Å². The van der Waals surface area contributed by atoms with Gasteiger partial charge >= 0.3 is 0 Å². The van der Waals surface area contributed by atoms with Crippen molar-refractivity contribution in [1.82, 2.24) is 4.98 Å². The SMILES string of the molecule is CC1SCC(c2nc(C3CC3)cs2)SC1C. The molecule has 3 atom stereocenters. The number of thioether (sulfide) groups is 2. The van der Waals surface area contributed by atoms with Crippen LogP contribution in [0.4, 0.5) is 0 Å². The molecule has 2 fully saturated rings. The topological polar surface area (TPSA) is 12.9 Å². The van der Waals surface area contributed by atoms with Crippen LogP contribution in [0.15, 0.2) is 5.38 Å². The monoisotopic (exact) mass is 271 g/mol. The summed E-state index contributed by atoms with van der Waals surface area (Å²) in [6, 6.07) is 0. The van der Waals surface area contributed by atoms with E-state index >= 15 is 0 Å². The van der Waals surface area contributed by atoms with Gasteiger partial charge in [-0.05, 0) is 12.8 Å². The minimum absolute atomic E-state index is 0.647. The second-order valence-corrected chi connectivity index (χ2v) is 8.64. The van der Waals surface area contributed by atoms with Crippen molar-refractivity contribution >= 4 is 34.9 Å². The number of hydrogen-bond acceptors (Lipinski definition) is 4. The molecule has 1 saturated carbocycles. The summed E-state index contributed by atoms with van der Waals surface area (Å²) in [5, 5.41) is 5.87. The molecule has 1 aromatic heterocycles. The van der Waals surface area contributed by atoms with Crippen LogP contribution in [0, 0.1) is 0 Å². The molecule has 0 amide bonds. The van der Waals surface area contributed by atoms with E-state index in [2.05, 4.69) is 42.8 Å². The highest BCUT2D eigenvalue weighted by atomic mass is 32.2. The van der Waals surface area contributed by atoms with Gasteiger partial charge < -0.3 is 0 Å². The first kappa shape index (κ1) is 11.4. The van der Waals surface area contributed by atoms with Crippen LogP contribution in [-0.2, 0) is 0 Å². The van der Waals surface area contributed by atoms with Gasteiger partial charge in [-0.15, -0.1) is 23.1 Å². The molecule has 1 nitrogen and oxygen atoms in total. The van der Waals surface area contributed by atoms with Crippen LogP contribution in [0.1, 0.15) is 48.6 Å². The highest BCUT2D eigenvalue weighted by Gasteiger charge is 2.31. The summed E-state index contributed by atoms with van der Waals surface area (Å²) in [4.78, 5) is 4.84. The van der Waals surface area contributed by atoms with E-state index in [0.717, 1.165) is 16.4 Å². The van der Waals surface area contributed by atoms with Gasteiger partial charge in [-0.3, -0.25) is 0 Å². The molecule has 3 unspecified atom stereocenters. The minimum atomic E-state index is 0.647. The normalized spacial score (nSPS) is 35.2. The summed E-state index contributed by atoms with van der Waals surface area (Å²) in [6.07, 6.45) is 2.73. The van der Waals surface area contributed by atoms with E-state index < -0.39 is 0 Å². The van der Waals surface area contributed by atoms with Gasteiger partial charge in [0.05, 0.1) is 10.9 Å². The summed E-state index contributed by atoms with van der Waals surface area (Å²) in [6.45, 7) is 4.69. The first-order valence-electron chi connectivity index (χ1n) is 5.96. The highest BCUT2D eigenvalue weighted by Crippen LogP contribution is 2.47. The molecular weight excluding hydrogens is 254 g/mol. The third-order valence-electron chi connectivity index (χ3n) is 3.36. The van der Waals surface area contributed by atoms with Gasteiger partial charge in [-0.1, -0.05) is 13.8 Å². The fourth-order valence-corrected chi connectivity index (χ4v) is 6.04. The van der Waals surface area contributed by atoms with E-state index in [0.29, 0.717) is 5.25 Å². The molecule has 3 rings (SSSR count). The maximum absolute atomic E-state index is 4.84. The molecule has 16 heavy (non-hydrogen) atoms. The Morgan fingerprint density at radius 2 is 2.06 bits per heavy atom. The molecule has 2 aliphatic rings. The van der Waals surface area contributed by atoms with E-state index in [1.165, 1.54) is 29.3 Å². The van der Waals surface area contributed by atoms with Gasteiger partial charge in [0, 0.05) is 27.6 Å². The quantitative estimate of drug-likeness (QED) is 0.795. The van der Waals surface area contributed by atoms with E-state index in [1.807, 2.05) is 11.3 Å². The molecule has 88 valence electrons. The number of nitrogens with zero attached hydrogens (tertiary/aromatic N) is 1. The predicted molar refractivity (Wildman–Crippen MR) is 75.8 cm³/mol. The van der Waals surface area contributed by atoms with Crippen molar-refractivity contribution in [2.45, 2.75) is 48.4 Å². The van der Waals surface area contributed by atoms with Gasteiger partial charge in [-0.2, -0.15) is 11.8 Å². The zero-order chi connectivity index (χ0) is 11.1. The van der Waals surface area contributed by atoms with Gasteiger partial charge in [0.25, 0.3) is 0 Å². The van der Waals surface area contributed by atoms with E-state index in [9.17, 15) is 0 Å². The lowest BCUT2D eigenvalue weighted by Gasteiger charge is -2.30. The standard InChI is InChI=1S/C12H17NS3/c1-7-8(2)16-11(6-14-7)12-13-10(5-15-12)9-3-4-9/h5,7-9,11H,3-4,6H2,1-2H3. The lowest BCUT2D eigenvalue weighted by atomic mass is 10.3. The third kappa shape index (κ3) is 2.29. The molecule has 0 spiro atoms. The Morgan fingerprint density at radius 3 is 2.75 bits per heavy atom. The lowest BCUT2D eigenvalue weighted by molar-refractivity contribution is 0.886. The average Bonchev–Trinajstić information content (AvgIpc) is 3.01. The first-order valence-corrected chi connectivity index (χ1v) is 8.83. The van der Waals surface area contributed by atoms with E-state index in [1.54, 1.807) is 0 Å². The predicted octanol–water partition coefficient (Wildman–Crippen LogP) is 4.32. The number of aromatic nitrogens is 1. The third-order valence-corrected chi connectivity index (χ3v) is 7.89. The van der Waals surface area contributed by atoms with Crippen LogP contribution in [-0.4, -0.2) is 21.2 Å².